The number of carbonyl (C=O) groups excluding carboxylic acids is 1. The number of anilines is 1. The van der Waals surface area contributed by atoms with Gasteiger partial charge >= 0.3 is 0 Å². The summed E-state index contributed by atoms with van der Waals surface area (Å²) in [5.74, 6) is 1.14. The molecule has 0 spiro atoms. The van der Waals surface area contributed by atoms with E-state index in [4.69, 9.17) is 14.9 Å². The lowest BCUT2D eigenvalue weighted by molar-refractivity contribution is 0.0878. The average molecular weight is 290 g/mol. The van der Waals surface area contributed by atoms with Crippen LogP contribution in [0.3, 0.4) is 0 Å². The Bertz CT molecular complexity index is 612. The summed E-state index contributed by atoms with van der Waals surface area (Å²) in [5.41, 5.74) is 5.73. The Hall–Kier alpha value is -2.41. The van der Waals surface area contributed by atoms with Crippen molar-refractivity contribution in [1.29, 1.82) is 0 Å². The molecule has 2 heterocycles. The van der Waals surface area contributed by atoms with Crippen molar-refractivity contribution < 1.29 is 13.9 Å². The molecule has 1 amide bonds. The highest BCUT2D eigenvalue weighted by atomic mass is 16.5. The summed E-state index contributed by atoms with van der Waals surface area (Å²) in [5, 5.41) is 2.79. The van der Waals surface area contributed by atoms with Crippen molar-refractivity contribution in [2.45, 2.75) is 19.4 Å². The van der Waals surface area contributed by atoms with E-state index in [-0.39, 0.29) is 18.1 Å². The third kappa shape index (κ3) is 3.57. The van der Waals surface area contributed by atoms with Crippen molar-refractivity contribution >= 4 is 11.7 Å². The Kier molecular flexibility index (Phi) is 4.89. The molecule has 0 bridgehead atoms. The van der Waals surface area contributed by atoms with E-state index in [9.17, 15) is 4.79 Å². The Morgan fingerprint density at radius 2 is 2.19 bits per heavy atom. The van der Waals surface area contributed by atoms with Gasteiger partial charge in [0.15, 0.2) is 11.5 Å². The van der Waals surface area contributed by atoms with Crippen molar-refractivity contribution in [2.75, 3.05) is 19.5 Å². The van der Waals surface area contributed by atoms with Gasteiger partial charge in [-0.3, -0.25) is 4.79 Å². The van der Waals surface area contributed by atoms with Crippen molar-refractivity contribution in [3.05, 3.63) is 41.7 Å². The van der Waals surface area contributed by atoms with Crippen LogP contribution < -0.4 is 11.1 Å². The molecule has 0 fully saturated rings. The fraction of sp³-hybridized carbons (Fsp3) is 0.357. The predicted molar refractivity (Wildman–Crippen MR) is 76.6 cm³/mol. The Morgan fingerprint density at radius 3 is 2.81 bits per heavy atom. The molecular weight excluding hydrogens is 272 g/mol. The van der Waals surface area contributed by atoms with Crippen molar-refractivity contribution in [2.24, 2.45) is 0 Å². The van der Waals surface area contributed by atoms with E-state index in [1.807, 2.05) is 19.1 Å². The maximum atomic E-state index is 12.2. The van der Waals surface area contributed by atoms with Gasteiger partial charge in [0.05, 0.1) is 6.61 Å². The summed E-state index contributed by atoms with van der Waals surface area (Å²) in [4.78, 5) is 20.0. The quantitative estimate of drug-likeness (QED) is 0.832. The minimum absolute atomic E-state index is 0.0832. The van der Waals surface area contributed by atoms with Crippen LogP contribution in [0.5, 0.6) is 0 Å². The van der Waals surface area contributed by atoms with Crippen LogP contribution in [0.4, 0.5) is 5.82 Å². The zero-order chi connectivity index (χ0) is 15.2. The number of rotatable bonds is 6. The predicted octanol–water partition coefficient (Wildman–Crippen LogP) is 1.33. The maximum absolute atomic E-state index is 12.2. The number of nitrogens with one attached hydrogen (secondary N) is 1. The van der Waals surface area contributed by atoms with Crippen LogP contribution in [0.15, 0.2) is 28.9 Å². The van der Waals surface area contributed by atoms with Gasteiger partial charge in [-0.05, 0) is 12.1 Å². The second-order valence-corrected chi connectivity index (χ2v) is 4.43. The van der Waals surface area contributed by atoms with E-state index in [1.54, 1.807) is 7.11 Å². The van der Waals surface area contributed by atoms with E-state index in [2.05, 4.69) is 15.3 Å². The van der Waals surface area contributed by atoms with Crippen LogP contribution in [-0.2, 0) is 11.2 Å². The molecule has 0 aliphatic rings. The summed E-state index contributed by atoms with van der Waals surface area (Å²) >= 11 is 0. The van der Waals surface area contributed by atoms with E-state index >= 15 is 0 Å². The Morgan fingerprint density at radius 1 is 1.43 bits per heavy atom. The van der Waals surface area contributed by atoms with Gasteiger partial charge in [-0.1, -0.05) is 6.92 Å². The van der Waals surface area contributed by atoms with E-state index in [0.717, 1.165) is 12.2 Å². The summed E-state index contributed by atoms with van der Waals surface area (Å²) in [6.07, 6.45) is 3.63. The highest BCUT2D eigenvalue weighted by Crippen LogP contribution is 2.18. The van der Waals surface area contributed by atoms with Crippen LogP contribution in [-0.4, -0.2) is 29.6 Å². The van der Waals surface area contributed by atoms with Gasteiger partial charge in [-0.15, -0.1) is 0 Å². The number of carbonyl (C=O) groups is 1. The Labute approximate surface area is 122 Å². The number of hydrogen-bond donors (Lipinski definition) is 2. The minimum atomic E-state index is -0.419. The summed E-state index contributed by atoms with van der Waals surface area (Å²) in [6, 6.07) is 3.29. The zero-order valence-corrected chi connectivity index (χ0v) is 12.0. The standard InChI is InChI=1S/C14H18N4O3/c1-3-9-4-5-11(21-9)10(8-20-2)18-14(19)12-13(15)17-7-6-16-12/h4-7,10H,3,8H2,1-2H3,(H2,15,17)(H,18,19). The van der Waals surface area contributed by atoms with Gasteiger partial charge in [0, 0.05) is 25.9 Å². The molecule has 21 heavy (non-hydrogen) atoms. The van der Waals surface area contributed by atoms with Gasteiger partial charge in [0.2, 0.25) is 0 Å². The number of methoxy groups -OCH3 is 1. The molecular formula is C14H18N4O3. The summed E-state index contributed by atoms with van der Waals surface area (Å²) in [6.45, 7) is 2.27. The largest absolute Gasteiger partial charge is 0.464 e. The van der Waals surface area contributed by atoms with E-state index in [0.29, 0.717) is 5.76 Å². The first-order chi connectivity index (χ1) is 10.2. The molecule has 0 aromatic carbocycles. The van der Waals surface area contributed by atoms with Crippen LogP contribution in [0, 0.1) is 0 Å². The summed E-state index contributed by atoms with van der Waals surface area (Å²) in [7, 11) is 1.56. The van der Waals surface area contributed by atoms with Crippen LogP contribution in [0.1, 0.15) is 35.0 Å². The van der Waals surface area contributed by atoms with Gasteiger partial charge in [0.1, 0.15) is 17.6 Å². The molecule has 0 saturated heterocycles. The highest BCUT2D eigenvalue weighted by Gasteiger charge is 2.21. The SMILES string of the molecule is CCc1ccc(C(COC)NC(=O)c2nccnc2N)o1. The third-order valence-electron chi connectivity index (χ3n) is 2.95. The number of amides is 1. The molecule has 0 radical (unpaired) electrons. The molecule has 0 aliphatic carbocycles. The monoisotopic (exact) mass is 290 g/mol. The number of hydrogen-bond acceptors (Lipinski definition) is 6. The molecule has 0 aliphatic heterocycles. The lowest BCUT2D eigenvalue weighted by Gasteiger charge is -2.15. The smallest absolute Gasteiger partial charge is 0.274 e. The van der Waals surface area contributed by atoms with Crippen LogP contribution in [0.25, 0.3) is 0 Å². The highest BCUT2D eigenvalue weighted by molar-refractivity contribution is 5.96. The number of ether oxygens (including phenoxy) is 1. The molecule has 2 rings (SSSR count). The second kappa shape index (κ2) is 6.85. The average Bonchev–Trinajstić information content (AvgIpc) is 2.96. The molecule has 0 saturated carbocycles. The minimum Gasteiger partial charge on any atom is -0.464 e. The summed E-state index contributed by atoms with van der Waals surface area (Å²) < 4.78 is 10.8. The number of aryl methyl sites for hydroxylation is 1. The van der Waals surface area contributed by atoms with Crippen LogP contribution >= 0.6 is 0 Å². The molecule has 7 heteroatoms. The number of aromatic nitrogens is 2. The molecule has 112 valence electrons. The van der Waals surface area contributed by atoms with E-state index in [1.165, 1.54) is 12.4 Å². The topological polar surface area (TPSA) is 103 Å². The fourth-order valence-electron chi connectivity index (χ4n) is 1.88. The van der Waals surface area contributed by atoms with Crippen LogP contribution in [0.2, 0.25) is 0 Å². The zero-order valence-electron chi connectivity index (χ0n) is 12.0. The van der Waals surface area contributed by atoms with Crippen molar-refractivity contribution in [1.82, 2.24) is 15.3 Å². The third-order valence-corrected chi connectivity index (χ3v) is 2.95. The first-order valence-corrected chi connectivity index (χ1v) is 6.60. The Balaban J connectivity index is 2.16. The van der Waals surface area contributed by atoms with Gasteiger partial charge < -0.3 is 20.2 Å². The van der Waals surface area contributed by atoms with Gasteiger partial charge in [0.25, 0.3) is 5.91 Å². The van der Waals surface area contributed by atoms with Gasteiger partial charge in [-0.2, -0.15) is 0 Å². The van der Waals surface area contributed by atoms with Crippen molar-refractivity contribution in [3.8, 4) is 0 Å². The molecule has 1 atom stereocenters. The molecule has 3 N–H and O–H groups in total. The number of nitrogens with two attached hydrogens (primary N) is 1. The van der Waals surface area contributed by atoms with Crippen molar-refractivity contribution in [3.63, 3.8) is 0 Å². The first kappa shape index (κ1) is 15.0. The second-order valence-electron chi connectivity index (χ2n) is 4.43. The van der Waals surface area contributed by atoms with Gasteiger partial charge in [-0.25, -0.2) is 9.97 Å². The normalized spacial score (nSPS) is 12.1. The molecule has 2 aromatic heterocycles. The lowest BCUT2D eigenvalue weighted by Crippen LogP contribution is -2.32. The fourth-order valence-corrected chi connectivity index (χ4v) is 1.88. The molecule has 2 aromatic rings. The lowest BCUT2D eigenvalue weighted by atomic mass is 10.2. The molecule has 1 unspecified atom stereocenters. The first-order valence-electron chi connectivity index (χ1n) is 6.60. The molecule has 7 nitrogen and oxygen atoms in total. The number of furan rings is 1. The van der Waals surface area contributed by atoms with E-state index < -0.39 is 11.9 Å². The number of nitrogen functional groups attached to an aromatic ring is 1. The maximum Gasteiger partial charge on any atom is 0.274 e. The number of nitrogens with zero attached hydrogens (tertiary/aromatic N) is 2.